The third-order valence-corrected chi connectivity index (χ3v) is 4.26. The molecule has 1 fully saturated rings. The zero-order valence-electron chi connectivity index (χ0n) is 10.6. The van der Waals surface area contributed by atoms with Gasteiger partial charge < -0.3 is 4.90 Å². The number of carbonyl (C=O) groups excluding carboxylic acids is 1. The van der Waals surface area contributed by atoms with Crippen LogP contribution in [-0.2, 0) is 6.42 Å². The van der Waals surface area contributed by atoms with Gasteiger partial charge in [-0.2, -0.15) is 0 Å². The minimum atomic E-state index is 0.0683. The summed E-state index contributed by atoms with van der Waals surface area (Å²) in [6, 6.07) is 0.368. The van der Waals surface area contributed by atoms with Crippen LogP contribution in [0.25, 0.3) is 0 Å². The van der Waals surface area contributed by atoms with E-state index in [1.807, 2.05) is 4.90 Å². The number of amides is 1. The number of hydrogen-bond acceptors (Lipinski definition) is 4. The van der Waals surface area contributed by atoms with Crippen LogP contribution < -0.4 is 0 Å². The van der Waals surface area contributed by atoms with E-state index in [2.05, 4.69) is 16.5 Å². The predicted molar refractivity (Wildman–Crippen MR) is 73.3 cm³/mol. The monoisotopic (exact) mass is 287 g/mol. The van der Waals surface area contributed by atoms with Crippen molar-refractivity contribution in [3.05, 3.63) is 10.6 Å². The van der Waals surface area contributed by atoms with Crippen LogP contribution in [0.3, 0.4) is 0 Å². The second-order valence-corrected chi connectivity index (χ2v) is 5.70. The number of aryl methyl sites for hydroxylation is 1. The summed E-state index contributed by atoms with van der Waals surface area (Å²) in [6.45, 7) is 2.70. The zero-order chi connectivity index (χ0) is 13.0. The lowest BCUT2D eigenvalue weighted by atomic mass is 9.91. The van der Waals surface area contributed by atoms with Gasteiger partial charge in [0.2, 0.25) is 0 Å². The molecular formula is C12H18ClN3OS. The first-order chi connectivity index (χ1) is 8.77. The second kappa shape index (κ2) is 6.48. The highest BCUT2D eigenvalue weighted by atomic mass is 35.5. The summed E-state index contributed by atoms with van der Waals surface area (Å²) in [5.41, 5.74) is 0.839. The van der Waals surface area contributed by atoms with Gasteiger partial charge in [0.15, 0.2) is 0 Å². The molecule has 1 aliphatic rings. The highest BCUT2D eigenvalue weighted by Crippen LogP contribution is 2.27. The number of alkyl halides is 1. The molecule has 0 aromatic carbocycles. The van der Waals surface area contributed by atoms with E-state index in [1.165, 1.54) is 18.0 Å². The van der Waals surface area contributed by atoms with Crippen molar-refractivity contribution in [2.45, 2.75) is 45.1 Å². The fourth-order valence-electron chi connectivity index (χ4n) is 2.14. The van der Waals surface area contributed by atoms with Crippen LogP contribution in [0, 0.1) is 0 Å². The summed E-state index contributed by atoms with van der Waals surface area (Å²) in [4.78, 5) is 15.1. The van der Waals surface area contributed by atoms with Crippen molar-refractivity contribution in [2.75, 3.05) is 12.4 Å². The SMILES string of the molecule is CCCc1nnsc1C(=O)N(CCCl)C1CCC1. The Hall–Kier alpha value is -0.680. The Labute approximate surface area is 116 Å². The Balaban J connectivity index is 2.13. The molecule has 0 saturated heterocycles. The van der Waals surface area contributed by atoms with E-state index in [4.69, 9.17) is 11.6 Å². The fourth-order valence-corrected chi connectivity index (χ4v) is 2.99. The van der Waals surface area contributed by atoms with Crippen molar-refractivity contribution in [1.82, 2.24) is 14.5 Å². The highest BCUT2D eigenvalue weighted by molar-refractivity contribution is 7.08. The molecule has 1 saturated carbocycles. The number of carbonyl (C=O) groups is 1. The van der Waals surface area contributed by atoms with Gasteiger partial charge in [-0.3, -0.25) is 4.79 Å². The van der Waals surface area contributed by atoms with Crippen LogP contribution in [0.1, 0.15) is 48.0 Å². The Morgan fingerprint density at radius 2 is 2.33 bits per heavy atom. The van der Waals surface area contributed by atoms with Gasteiger partial charge in [0.05, 0.1) is 5.69 Å². The number of rotatable bonds is 6. The van der Waals surface area contributed by atoms with Crippen molar-refractivity contribution in [2.24, 2.45) is 0 Å². The van der Waals surface area contributed by atoms with Crippen molar-refractivity contribution in [3.8, 4) is 0 Å². The van der Waals surface area contributed by atoms with Crippen LogP contribution in [-0.4, -0.2) is 38.9 Å². The molecule has 1 heterocycles. The van der Waals surface area contributed by atoms with E-state index in [9.17, 15) is 4.79 Å². The van der Waals surface area contributed by atoms with Gasteiger partial charge in [-0.1, -0.05) is 17.8 Å². The third-order valence-electron chi connectivity index (χ3n) is 3.34. The molecule has 6 heteroatoms. The summed E-state index contributed by atoms with van der Waals surface area (Å²) >= 11 is 7.01. The number of nitrogens with zero attached hydrogens (tertiary/aromatic N) is 3. The van der Waals surface area contributed by atoms with Crippen LogP contribution in [0.2, 0.25) is 0 Å². The summed E-state index contributed by atoms with van der Waals surface area (Å²) in [5.74, 6) is 0.552. The van der Waals surface area contributed by atoms with Gasteiger partial charge in [-0.15, -0.1) is 16.7 Å². The van der Waals surface area contributed by atoms with Gasteiger partial charge in [-0.05, 0) is 37.2 Å². The van der Waals surface area contributed by atoms with Gasteiger partial charge in [0.1, 0.15) is 4.88 Å². The molecule has 0 bridgehead atoms. The zero-order valence-corrected chi connectivity index (χ0v) is 12.1. The molecule has 1 aromatic heterocycles. The molecule has 0 N–H and O–H groups in total. The first-order valence-electron chi connectivity index (χ1n) is 6.46. The lowest BCUT2D eigenvalue weighted by molar-refractivity contribution is 0.0601. The first-order valence-corrected chi connectivity index (χ1v) is 7.76. The molecule has 1 aliphatic carbocycles. The molecule has 0 aliphatic heterocycles. The Morgan fingerprint density at radius 1 is 1.56 bits per heavy atom. The first kappa shape index (κ1) is 13.7. The lowest BCUT2D eigenvalue weighted by Gasteiger charge is -2.37. The van der Waals surface area contributed by atoms with Crippen molar-refractivity contribution in [3.63, 3.8) is 0 Å². The Morgan fingerprint density at radius 3 is 2.89 bits per heavy atom. The van der Waals surface area contributed by atoms with Gasteiger partial charge in [0, 0.05) is 18.5 Å². The van der Waals surface area contributed by atoms with Crippen molar-refractivity contribution >= 4 is 29.0 Å². The van der Waals surface area contributed by atoms with E-state index < -0.39 is 0 Å². The standard InChI is InChI=1S/C12H18ClN3OS/c1-2-4-10-11(18-15-14-10)12(17)16(8-7-13)9-5-3-6-9/h9H,2-8H2,1H3. The molecule has 0 unspecified atom stereocenters. The minimum absolute atomic E-state index is 0.0683. The molecule has 4 nitrogen and oxygen atoms in total. The summed E-state index contributed by atoms with van der Waals surface area (Å²) < 4.78 is 3.92. The van der Waals surface area contributed by atoms with Crippen molar-refractivity contribution in [1.29, 1.82) is 0 Å². The van der Waals surface area contributed by atoms with Crippen LogP contribution in [0.4, 0.5) is 0 Å². The fraction of sp³-hybridized carbons (Fsp3) is 0.750. The van der Waals surface area contributed by atoms with Gasteiger partial charge in [-0.25, -0.2) is 0 Å². The summed E-state index contributed by atoms with van der Waals surface area (Å²) in [6.07, 6.45) is 5.19. The van der Waals surface area contributed by atoms with E-state index in [-0.39, 0.29) is 5.91 Å². The second-order valence-electron chi connectivity index (χ2n) is 4.57. The van der Waals surface area contributed by atoms with E-state index in [0.717, 1.165) is 31.4 Å². The minimum Gasteiger partial charge on any atom is -0.334 e. The maximum atomic E-state index is 12.5. The number of aromatic nitrogens is 2. The normalized spacial score (nSPS) is 15.4. The van der Waals surface area contributed by atoms with Crippen LogP contribution >= 0.6 is 23.1 Å². The molecule has 18 heavy (non-hydrogen) atoms. The van der Waals surface area contributed by atoms with E-state index in [0.29, 0.717) is 23.3 Å². The van der Waals surface area contributed by atoms with Crippen molar-refractivity contribution < 1.29 is 4.79 Å². The smallest absolute Gasteiger partial charge is 0.267 e. The van der Waals surface area contributed by atoms with E-state index in [1.54, 1.807) is 0 Å². The van der Waals surface area contributed by atoms with E-state index >= 15 is 0 Å². The van der Waals surface area contributed by atoms with Crippen LogP contribution in [0.5, 0.6) is 0 Å². The highest BCUT2D eigenvalue weighted by Gasteiger charge is 2.31. The predicted octanol–water partition coefficient (Wildman–Crippen LogP) is 2.72. The molecular weight excluding hydrogens is 270 g/mol. The average Bonchev–Trinajstić information content (AvgIpc) is 2.74. The van der Waals surface area contributed by atoms with Gasteiger partial charge in [0.25, 0.3) is 5.91 Å². The Bertz CT molecular complexity index is 406. The maximum Gasteiger partial charge on any atom is 0.267 e. The molecule has 0 radical (unpaired) electrons. The Kier molecular flexibility index (Phi) is 4.95. The third kappa shape index (κ3) is 2.83. The molecule has 1 aromatic rings. The average molecular weight is 288 g/mol. The summed E-state index contributed by atoms with van der Waals surface area (Å²) in [5, 5.41) is 4.06. The number of hydrogen-bond donors (Lipinski definition) is 0. The topological polar surface area (TPSA) is 46.1 Å². The van der Waals surface area contributed by atoms with Crippen LogP contribution in [0.15, 0.2) is 0 Å². The molecule has 0 spiro atoms. The quantitative estimate of drug-likeness (QED) is 0.756. The maximum absolute atomic E-state index is 12.5. The largest absolute Gasteiger partial charge is 0.334 e. The lowest BCUT2D eigenvalue weighted by Crippen LogP contribution is -2.45. The molecule has 100 valence electrons. The number of halogens is 1. The summed E-state index contributed by atoms with van der Waals surface area (Å²) in [7, 11) is 0. The molecule has 0 atom stereocenters. The molecule has 1 amide bonds. The van der Waals surface area contributed by atoms with Gasteiger partial charge >= 0.3 is 0 Å². The molecule has 2 rings (SSSR count).